The van der Waals surface area contributed by atoms with Crippen LogP contribution in [0.25, 0.3) is 0 Å². The molecule has 0 unspecified atom stereocenters. The van der Waals surface area contributed by atoms with Crippen molar-refractivity contribution in [3.05, 3.63) is 102 Å². The lowest BCUT2D eigenvalue weighted by molar-refractivity contribution is 0.212. The van der Waals surface area contributed by atoms with Gasteiger partial charge in [-0.2, -0.15) is 0 Å². The van der Waals surface area contributed by atoms with E-state index >= 15 is 0 Å². The predicted molar refractivity (Wildman–Crippen MR) is 110 cm³/mol. The van der Waals surface area contributed by atoms with Crippen molar-refractivity contribution in [2.45, 2.75) is 13.5 Å². The second-order valence-electron chi connectivity index (χ2n) is 6.13. The SMILES string of the molecule is CCN(Cc1ccccc1)C(=O)Nc1cccc(C#Cc2ccccc2)c1. The van der Waals surface area contributed by atoms with Crippen LogP contribution in [0.5, 0.6) is 0 Å². The minimum absolute atomic E-state index is 0.116. The third kappa shape index (κ3) is 5.49. The Balaban J connectivity index is 1.68. The van der Waals surface area contributed by atoms with Gasteiger partial charge >= 0.3 is 6.03 Å². The van der Waals surface area contributed by atoms with E-state index in [1.165, 1.54) is 0 Å². The van der Waals surface area contributed by atoms with Crippen molar-refractivity contribution >= 4 is 11.7 Å². The predicted octanol–water partition coefficient (Wildman–Crippen LogP) is 5.14. The molecule has 0 aromatic heterocycles. The van der Waals surface area contributed by atoms with Crippen LogP contribution in [-0.2, 0) is 6.54 Å². The van der Waals surface area contributed by atoms with Gasteiger partial charge in [0.15, 0.2) is 0 Å². The fraction of sp³-hybridized carbons (Fsp3) is 0.125. The number of amides is 2. The number of nitrogens with one attached hydrogen (secondary N) is 1. The fourth-order valence-corrected chi connectivity index (χ4v) is 2.67. The highest BCUT2D eigenvalue weighted by Crippen LogP contribution is 2.12. The number of anilines is 1. The Labute approximate surface area is 160 Å². The molecular formula is C24H22N2O. The normalized spacial score (nSPS) is 9.81. The van der Waals surface area contributed by atoms with Crippen molar-refractivity contribution in [1.29, 1.82) is 0 Å². The summed E-state index contributed by atoms with van der Waals surface area (Å²) in [5.41, 5.74) is 3.68. The van der Waals surface area contributed by atoms with E-state index in [0.717, 1.165) is 22.4 Å². The molecule has 2 amide bonds. The van der Waals surface area contributed by atoms with Crippen LogP contribution in [0, 0.1) is 11.8 Å². The van der Waals surface area contributed by atoms with E-state index in [4.69, 9.17) is 0 Å². The number of carbonyl (C=O) groups excluding carboxylic acids is 1. The van der Waals surface area contributed by atoms with Gasteiger partial charge in [0, 0.05) is 29.9 Å². The van der Waals surface area contributed by atoms with Crippen LogP contribution in [0.3, 0.4) is 0 Å². The van der Waals surface area contributed by atoms with Crippen LogP contribution >= 0.6 is 0 Å². The highest BCUT2D eigenvalue weighted by Gasteiger charge is 2.12. The zero-order chi connectivity index (χ0) is 18.9. The molecule has 3 heteroatoms. The van der Waals surface area contributed by atoms with Crippen molar-refractivity contribution < 1.29 is 4.79 Å². The van der Waals surface area contributed by atoms with Crippen molar-refractivity contribution in [2.24, 2.45) is 0 Å². The Hall–Kier alpha value is -3.51. The van der Waals surface area contributed by atoms with Gasteiger partial charge in [-0.15, -0.1) is 0 Å². The van der Waals surface area contributed by atoms with Crippen molar-refractivity contribution in [3.63, 3.8) is 0 Å². The summed E-state index contributed by atoms with van der Waals surface area (Å²) in [6, 6.07) is 27.3. The van der Waals surface area contributed by atoms with Gasteiger partial charge in [-0.1, -0.05) is 66.4 Å². The number of hydrogen-bond donors (Lipinski definition) is 1. The maximum atomic E-state index is 12.6. The van der Waals surface area contributed by atoms with Crippen LogP contribution in [-0.4, -0.2) is 17.5 Å². The average molecular weight is 354 g/mol. The van der Waals surface area contributed by atoms with Crippen molar-refractivity contribution in [3.8, 4) is 11.8 Å². The molecule has 134 valence electrons. The molecule has 3 rings (SSSR count). The topological polar surface area (TPSA) is 32.3 Å². The van der Waals surface area contributed by atoms with E-state index in [0.29, 0.717) is 13.1 Å². The Morgan fingerprint density at radius 1 is 0.852 bits per heavy atom. The summed E-state index contributed by atoms with van der Waals surface area (Å²) < 4.78 is 0. The minimum atomic E-state index is -0.116. The van der Waals surface area contributed by atoms with Gasteiger partial charge in [-0.3, -0.25) is 0 Å². The molecule has 3 nitrogen and oxygen atoms in total. The first-order valence-corrected chi connectivity index (χ1v) is 9.01. The largest absolute Gasteiger partial charge is 0.322 e. The van der Waals surface area contributed by atoms with E-state index in [1.54, 1.807) is 4.90 Å². The van der Waals surface area contributed by atoms with E-state index in [1.807, 2.05) is 91.9 Å². The molecule has 27 heavy (non-hydrogen) atoms. The van der Waals surface area contributed by atoms with Gasteiger partial charge in [0.25, 0.3) is 0 Å². The first kappa shape index (κ1) is 18.3. The molecule has 0 atom stereocenters. The van der Waals surface area contributed by atoms with Gasteiger partial charge in [0.1, 0.15) is 0 Å². The van der Waals surface area contributed by atoms with Crippen molar-refractivity contribution in [2.75, 3.05) is 11.9 Å². The number of hydrogen-bond acceptors (Lipinski definition) is 1. The smallest absolute Gasteiger partial charge is 0.320 e. The molecule has 0 fully saturated rings. The second-order valence-corrected chi connectivity index (χ2v) is 6.13. The molecular weight excluding hydrogens is 332 g/mol. The summed E-state index contributed by atoms with van der Waals surface area (Å²) in [7, 11) is 0. The molecule has 0 radical (unpaired) electrons. The molecule has 0 aliphatic rings. The molecule has 0 saturated heterocycles. The zero-order valence-electron chi connectivity index (χ0n) is 15.4. The first-order valence-electron chi connectivity index (χ1n) is 9.01. The van der Waals surface area contributed by atoms with Crippen LogP contribution < -0.4 is 5.32 Å². The summed E-state index contributed by atoms with van der Waals surface area (Å²) in [6.45, 7) is 3.19. The lowest BCUT2D eigenvalue weighted by Gasteiger charge is -2.21. The number of rotatable bonds is 4. The maximum Gasteiger partial charge on any atom is 0.322 e. The highest BCUT2D eigenvalue weighted by molar-refractivity contribution is 5.89. The number of benzene rings is 3. The van der Waals surface area contributed by atoms with Crippen LogP contribution in [0.4, 0.5) is 10.5 Å². The average Bonchev–Trinajstić information content (AvgIpc) is 2.72. The highest BCUT2D eigenvalue weighted by atomic mass is 16.2. The summed E-state index contributed by atoms with van der Waals surface area (Å²) in [4.78, 5) is 14.4. The van der Waals surface area contributed by atoms with Crippen molar-refractivity contribution in [1.82, 2.24) is 4.90 Å². The van der Waals surface area contributed by atoms with Crippen LogP contribution in [0.1, 0.15) is 23.6 Å². The minimum Gasteiger partial charge on any atom is -0.320 e. The molecule has 0 spiro atoms. The first-order chi connectivity index (χ1) is 13.2. The summed E-state index contributed by atoms with van der Waals surface area (Å²) in [5.74, 6) is 6.28. The quantitative estimate of drug-likeness (QED) is 0.647. The number of carbonyl (C=O) groups is 1. The molecule has 0 bridgehead atoms. The van der Waals surface area contributed by atoms with Gasteiger partial charge < -0.3 is 10.2 Å². The third-order valence-electron chi connectivity index (χ3n) is 4.12. The number of nitrogens with zero attached hydrogens (tertiary/aromatic N) is 1. The fourth-order valence-electron chi connectivity index (χ4n) is 2.67. The van der Waals surface area contributed by atoms with Gasteiger partial charge in [0.05, 0.1) is 0 Å². The molecule has 1 N–H and O–H groups in total. The summed E-state index contributed by atoms with van der Waals surface area (Å²) >= 11 is 0. The maximum absolute atomic E-state index is 12.6. The Morgan fingerprint density at radius 3 is 2.19 bits per heavy atom. The lowest BCUT2D eigenvalue weighted by atomic mass is 10.1. The molecule has 0 aliphatic carbocycles. The lowest BCUT2D eigenvalue weighted by Crippen LogP contribution is -2.34. The Kier molecular flexibility index (Phi) is 6.27. The summed E-state index contributed by atoms with van der Waals surface area (Å²) in [6.07, 6.45) is 0. The molecule has 3 aromatic rings. The third-order valence-corrected chi connectivity index (χ3v) is 4.12. The van der Waals surface area contributed by atoms with Gasteiger partial charge in [-0.25, -0.2) is 4.79 Å². The monoisotopic (exact) mass is 354 g/mol. The molecule has 0 heterocycles. The number of urea groups is 1. The van der Waals surface area contributed by atoms with Crippen LogP contribution in [0.2, 0.25) is 0 Å². The zero-order valence-corrected chi connectivity index (χ0v) is 15.4. The second kappa shape index (κ2) is 9.26. The molecule has 3 aromatic carbocycles. The Morgan fingerprint density at radius 2 is 1.48 bits per heavy atom. The van der Waals surface area contributed by atoms with E-state index in [9.17, 15) is 4.79 Å². The molecule has 0 saturated carbocycles. The standard InChI is InChI=1S/C24H22N2O/c1-2-26(19-22-12-7-4-8-13-22)24(27)25-23-15-9-14-21(18-23)17-16-20-10-5-3-6-11-20/h3-15,18H,2,19H2,1H3,(H,25,27). The van der Waals surface area contributed by atoms with E-state index < -0.39 is 0 Å². The van der Waals surface area contributed by atoms with Gasteiger partial charge in [0.2, 0.25) is 0 Å². The Bertz CT molecular complexity index is 940. The molecule has 0 aliphatic heterocycles. The van der Waals surface area contributed by atoms with E-state index in [2.05, 4.69) is 17.2 Å². The van der Waals surface area contributed by atoms with E-state index in [-0.39, 0.29) is 6.03 Å². The van der Waals surface area contributed by atoms with Crippen LogP contribution in [0.15, 0.2) is 84.9 Å². The summed E-state index contributed by atoms with van der Waals surface area (Å²) in [5, 5.41) is 2.97. The van der Waals surface area contributed by atoms with Gasteiger partial charge in [-0.05, 0) is 42.8 Å².